The number of hydrogen-bond acceptors (Lipinski definition) is 11. The fourth-order valence-corrected chi connectivity index (χ4v) is 7.15. The molecule has 5 rings (SSSR count). The lowest BCUT2D eigenvalue weighted by Crippen LogP contribution is -2.42. The highest BCUT2D eigenvalue weighted by atomic mass is 32.2. The second-order valence-electron chi connectivity index (χ2n) is 11.1. The summed E-state index contributed by atoms with van der Waals surface area (Å²) >= 11 is 2.50. The Morgan fingerprint density at radius 2 is 1.98 bits per heavy atom. The molecule has 1 atom stereocenters. The molecule has 0 saturated heterocycles. The van der Waals surface area contributed by atoms with Gasteiger partial charge in [-0.2, -0.15) is 5.26 Å². The zero-order valence-corrected chi connectivity index (χ0v) is 26.2. The molecule has 0 saturated carbocycles. The van der Waals surface area contributed by atoms with Gasteiger partial charge in [-0.25, -0.2) is 0 Å². The maximum absolute atomic E-state index is 13.8. The number of nitrogens with zero attached hydrogens (tertiary/aromatic N) is 4. The quantitative estimate of drug-likeness (QED) is 0.310. The third-order valence-electron chi connectivity index (χ3n) is 7.47. The second-order valence-corrected chi connectivity index (χ2v) is 13.3. The molecule has 0 fully saturated rings. The number of ketones is 1. The number of thioether (sulfide) groups is 1. The molecule has 0 radical (unpaired) electrons. The number of benzene rings is 2. The number of carbonyl (C=O) groups excluding carboxylic acids is 2. The Balaban J connectivity index is 1.51. The van der Waals surface area contributed by atoms with Gasteiger partial charge in [0.15, 0.2) is 10.1 Å². The maximum Gasteiger partial charge on any atom is 0.234 e. The van der Waals surface area contributed by atoms with E-state index in [0.717, 1.165) is 11.3 Å². The Morgan fingerprint density at radius 1 is 1.21 bits per heavy atom. The van der Waals surface area contributed by atoms with Gasteiger partial charge < -0.3 is 20.5 Å². The van der Waals surface area contributed by atoms with Crippen molar-refractivity contribution < 1.29 is 19.1 Å². The molecule has 1 aromatic heterocycles. The van der Waals surface area contributed by atoms with Crippen molar-refractivity contribution in [2.75, 3.05) is 30.2 Å². The number of aryl methyl sites for hydroxylation is 1. The van der Waals surface area contributed by atoms with Crippen LogP contribution in [0.25, 0.3) is 0 Å². The number of Topliss-reactive ketones (excluding diaryl/α,β-unsaturated/α-hetero) is 1. The van der Waals surface area contributed by atoms with Crippen molar-refractivity contribution >= 4 is 45.6 Å². The van der Waals surface area contributed by atoms with Gasteiger partial charge in [0.2, 0.25) is 11.0 Å². The Morgan fingerprint density at radius 3 is 2.67 bits per heavy atom. The molecule has 0 spiro atoms. The van der Waals surface area contributed by atoms with E-state index in [1.807, 2.05) is 51.1 Å². The number of para-hydroxylation sites is 1. The molecule has 2 aliphatic rings. The molecule has 10 nitrogen and oxygen atoms in total. The maximum atomic E-state index is 13.8. The van der Waals surface area contributed by atoms with Crippen molar-refractivity contribution in [2.45, 2.75) is 43.9 Å². The van der Waals surface area contributed by atoms with E-state index in [9.17, 15) is 14.9 Å². The molecule has 3 N–H and O–H groups in total. The average Bonchev–Trinajstić information content (AvgIpc) is 3.44. The summed E-state index contributed by atoms with van der Waals surface area (Å²) in [5.74, 6) is 0.447. The number of carbonyl (C=O) groups is 2. The first-order chi connectivity index (χ1) is 20.6. The molecular formula is C31H32N6O4S2. The van der Waals surface area contributed by atoms with Gasteiger partial charge in [-0.15, -0.1) is 10.2 Å². The number of nitrogens with two attached hydrogens (primary N) is 1. The minimum atomic E-state index is -0.715. The first kappa shape index (κ1) is 30.1. The summed E-state index contributed by atoms with van der Waals surface area (Å²) in [4.78, 5) is 28.2. The van der Waals surface area contributed by atoms with Crippen molar-refractivity contribution in [1.82, 2.24) is 10.2 Å². The molecule has 43 heavy (non-hydrogen) atoms. The largest absolute Gasteiger partial charge is 0.497 e. The van der Waals surface area contributed by atoms with Crippen molar-refractivity contribution in [3.8, 4) is 17.6 Å². The van der Waals surface area contributed by atoms with Crippen LogP contribution in [0.1, 0.15) is 43.7 Å². The highest BCUT2D eigenvalue weighted by molar-refractivity contribution is 8.01. The van der Waals surface area contributed by atoms with Crippen LogP contribution in [0.5, 0.6) is 11.5 Å². The van der Waals surface area contributed by atoms with Crippen LogP contribution in [0.3, 0.4) is 0 Å². The van der Waals surface area contributed by atoms with Crippen LogP contribution < -0.4 is 25.4 Å². The van der Waals surface area contributed by atoms with Gasteiger partial charge in [-0.3, -0.25) is 14.5 Å². The van der Waals surface area contributed by atoms with Crippen LogP contribution >= 0.6 is 23.1 Å². The fourth-order valence-electron chi connectivity index (χ4n) is 5.47. The summed E-state index contributed by atoms with van der Waals surface area (Å²) in [7, 11) is 3.10. The highest BCUT2D eigenvalue weighted by Crippen LogP contribution is 2.52. The Bertz CT molecular complexity index is 1700. The van der Waals surface area contributed by atoms with Gasteiger partial charge in [0.25, 0.3) is 0 Å². The molecule has 2 aromatic carbocycles. The smallest absolute Gasteiger partial charge is 0.234 e. The van der Waals surface area contributed by atoms with Crippen LogP contribution in [0.2, 0.25) is 0 Å². The lowest BCUT2D eigenvalue weighted by molar-refractivity contribution is -0.118. The van der Waals surface area contributed by atoms with Gasteiger partial charge >= 0.3 is 0 Å². The summed E-state index contributed by atoms with van der Waals surface area (Å²) in [6, 6.07) is 15.2. The summed E-state index contributed by atoms with van der Waals surface area (Å²) in [6.45, 7) is 6.00. The number of anilines is 2. The highest BCUT2D eigenvalue weighted by Gasteiger charge is 2.46. The van der Waals surface area contributed by atoms with E-state index >= 15 is 0 Å². The second kappa shape index (κ2) is 12.1. The van der Waals surface area contributed by atoms with Gasteiger partial charge in [-0.05, 0) is 36.5 Å². The number of methoxy groups -OCH3 is 2. The number of nitrogens with one attached hydrogen (secondary N) is 1. The van der Waals surface area contributed by atoms with Crippen LogP contribution in [-0.2, 0) is 9.59 Å². The molecular weight excluding hydrogens is 585 g/mol. The van der Waals surface area contributed by atoms with Crippen LogP contribution in [0, 0.1) is 23.7 Å². The van der Waals surface area contributed by atoms with Gasteiger partial charge in [0, 0.05) is 35.0 Å². The van der Waals surface area contributed by atoms with Gasteiger partial charge in [0.05, 0.1) is 37.5 Å². The van der Waals surface area contributed by atoms with E-state index in [1.54, 1.807) is 24.1 Å². The summed E-state index contributed by atoms with van der Waals surface area (Å²) < 4.78 is 11.6. The summed E-state index contributed by atoms with van der Waals surface area (Å²) in [5.41, 5.74) is 10.2. The topological polar surface area (TPSA) is 143 Å². The van der Waals surface area contributed by atoms with Crippen LogP contribution in [0.4, 0.5) is 10.8 Å². The van der Waals surface area contributed by atoms with E-state index in [4.69, 9.17) is 15.2 Å². The van der Waals surface area contributed by atoms with E-state index < -0.39 is 5.92 Å². The van der Waals surface area contributed by atoms with Crippen molar-refractivity contribution in [3.05, 3.63) is 76.3 Å². The number of nitriles is 1. The summed E-state index contributed by atoms with van der Waals surface area (Å²) in [5, 5.41) is 22.4. The molecule has 0 bridgehead atoms. The fraction of sp³-hybridized carbons (Fsp3) is 0.323. The van der Waals surface area contributed by atoms with Crippen LogP contribution in [0.15, 0.2) is 69.5 Å². The SMILES string of the molecule is COc1ccc(C2C(C#N)=C(N)N(c3nnc(SCC(=O)Nc4ccccc4C)s3)C3=C2C(=O)CC(C)(C)C3)c(OC)c1. The van der Waals surface area contributed by atoms with Crippen molar-refractivity contribution in [1.29, 1.82) is 5.26 Å². The number of ether oxygens (including phenoxy) is 2. The zero-order chi connectivity index (χ0) is 30.9. The molecule has 1 aliphatic carbocycles. The lowest BCUT2D eigenvalue weighted by Gasteiger charge is -2.42. The number of hydrogen-bond donors (Lipinski definition) is 2. The number of amides is 1. The standard InChI is InChI=1S/C31H32N6O4S2/c1-17-8-6-7-9-21(17)34-25(39)16-42-30-36-35-29(43-30)37-22-13-31(2,3)14-23(38)27(22)26(20(15-32)28(37)33)19-11-10-18(40-4)12-24(19)41-5/h6-12,26H,13-14,16,33H2,1-5H3,(H,34,39). The number of rotatable bonds is 8. The van der Waals surface area contributed by atoms with E-state index in [0.29, 0.717) is 50.6 Å². The molecule has 2 heterocycles. The summed E-state index contributed by atoms with van der Waals surface area (Å²) in [6.07, 6.45) is 0.851. The molecule has 222 valence electrons. The first-order valence-corrected chi connectivity index (χ1v) is 15.4. The monoisotopic (exact) mass is 616 g/mol. The molecule has 1 aliphatic heterocycles. The van der Waals surface area contributed by atoms with Gasteiger partial charge in [0.1, 0.15) is 17.3 Å². The minimum Gasteiger partial charge on any atom is -0.497 e. The first-order valence-electron chi connectivity index (χ1n) is 13.6. The molecule has 12 heteroatoms. The third kappa shape index (κ3) is 5.96. The molecule has 1 amide bonds. The Hall–Kier alpha value is -4.34. The zero-order valence-electron chi connectivity index (χ0n) is 24.6. The van der Waals surface area contributed by atoms with E-state index in [1.165, 1.54) is 30.2 Å². The predicted molar refractivity (Wildman–Crippen MR) is 167 cm³/mol. The van der Waals surface area contributed by atoms with E-state index in [2.05, 4.69) is 21.6 Å². The van der Waals surface area contributed by atoms with Crippen molar-refractivity contribution in [3.63, 3.8) is 0 Å². The Kier molecular flexibility index (Phi) is 8.48. The minimum absolute atomic E-state index is 0.0636. The van der Waals surface area contributed by atoms with E-state index in [-0.39, 0.29) is 34.3 Å². The number of aromatic nitrogens is 2. The normalized spacial score (nSPS) is 17.8. The van der Waals surface area contributed by atoms with Gasteiger partial charge in [-0.1, -0.05) is 61.2 Å². The predicted octanol–water partition coefficient (Wildman–Crippen LogP) is 5.54. The van der Waals surface area contributed by atoms with Crippen molar-refractivity contribution in [2.24, 2.45) is 11.1 Å². The lowest BCUT2D eigenvalue weighted by atomic mass is 9.68. The van der Waals surface area contributed by atoms with Crippen LogP contribution in [-0.4, -0.2) is 41.9 Å². The molecule has 3 aromatic rings. The molecule has 1 unspecified atom stereocenters. The number of allylic oxidation sites excluding steroid dienone is 3. The third-order valence-corrected chi connectivity index (χ3v) is 9.51. The average molecular weight is 617 g/mol. The Labute approximate surface area is 258 Å².